The lowest BCUT2D eigenvalue weighted by molar-refractivity contribution is -0.113. The largest absolute Gasteiger partial charge is 0.324 e. The fourth-order valence-electron chi connectivity index (χ4n) is 3.04. The zero-order chi connectivity index (χ0) is 21.8. The molecular weight excluding hydrogens is 435 g/mol. The Morgan fingerprint density at radius 1 is 1.06 bits per heavy atom. The predicted octanol–water partition coefficient (Wildman–Crippen LogP) is 5.77. The molecule has 0 aliphatic heterocycles. The van der Waals surface area contributed by atoms with Crippen LogP contribution in [0.25, 0.3) is 17.1 Å². The van der Waals surface area contributed by atoms with Crippen LogP contribution in [-0.4, -0.2) is 26.4 Å². The molecule has 0 saturated carbocycles. The Balaban J connectivity index is 1.59. The molecule has 1 N–H and O–H groups in total. The van der Waals surface area contributed by atoms with Crippen LogP contribution < -0.4 is 5.32 Å². The molecule has 0 unspecified atom stereocenters. The Hall–Kier alpha value is -3.16. The van der Waals surface area contributed by atoms with Crippen molar-refractivity contribution in [3.05, 3.63) is 89.2 Å². The highest BCUT2D eigenvalue weighted by Gasteiger charge is 2.17. The van der Waals surface area contributed by atoms with E-state index in [1.54, 1.807) is 0 Å². The highest BCUT2D eigenvalue weighted by atomic mass is 35.5. The summed E-state index contributed by atoms with van der Waals surface area (Å²) in [6.07, 6.45) is 0. The van der Waals surface area contributed by atoms with Gasteiger partial charge in [-0.2, -0.15) is 0 Å². The summed E-state index contributed by atoms with van der Waals surface area (Å²) in [6.45, 7) is 2.02. The Morgan fingerprint density at radius 3 is 2.61 bits per heavy atom. The van der Waals surface area contributed by atoms with E-state index in [1.165, 1.54) is 23.9 Å². The molecule has 0 saturated heterocycles. The fraction of sp³-hybridized carbons (Fsp3) is 0.0870. The molecule has 1 heterocycles. The van der Waals surface area contributed by atoms with Crippen molar-refractivity contribution in [1.29, 1.82) is 0 Å². The van der Waals surface area contributed by atoms with Gasteiger partial charge in [0.1, 0.15) is 5.82 Å². The average molecular weight is 453 g/mol. The first-order valence-corrected chi connectivity index (χ1v) is 10.8. The number of thioether (sulfide) groups is 1. The standard InChI is InChI=1S/C23H18ClFN4OS/c1-15-6-5-9-18(12-15)29-22(16-7-3-2-4-8-16)27-28-23(29)31-14-21(30)26-20-11-10-17(25)13-19(20)24/h2-13H,14H2,1H3,(H,26,30). The van der Waals surface area contributed by atoms with E-state index in [1.807, 2.05) is 66.1 Å². The molecule has 0 radical (unpaired) electrons. The minimum atomic E-state index is -0.461. The van der Waals surface area contributed by atoms with Gasteiger partial charge in [0.25, 0.3) is 0 Å². The highest BCUT2D eigenvalue weighted by molar-refractivity contribution is 7.99. The number of anilines is 1. The Labute approximate surface area is 188 Å². The van der Waals surface area contributed by atoms with Crippen molar-refractivity contribution in [2.45, 2.75) is 12.1 Å². The molecule has 4 rings (SSSR count). The lowest BCUT2D eigenvalue weighted by Crippen LogP contribution is -2.15. The number of carbonyl (C=O) groups is 1. The van der Waals surface area contributed by atoms with Gasteiger partial charge in [-0.05, 0) is 42.8 Å². The summed E-state index contributed by atoms with van der Waals surface area (Å²) in [4.78, 5) is 12.5. The van der Waals surface area contributed by atoms with Crippen molar-refractivity contribution in [1.82, 2.24) is 14.8 Å². The van der Waals surface area contributed by atoms with E-state index in [0.717, 1.165) is 22.9 Å². The summed E-state index contributed by atoms with van der Waals surface area (Å²) in [5.41, 5.74) is 3.29. The van der Waals surface area contributed by atoms with Crippen molar-refractivity contribution >= 4 is 35.0 Å². The number of aryl methyl sites for hydroxylation is 1. The molecule has 0 atom stereocenters. The van der Waals surface area contributed by atoms with Crippen molar-refractivity contribution in [3.8, 4) is 17.1 Å². The van der Waals surface area contributed by atoms with Gasteiger partial charge in [-0.3, -0.25) is 9.36 Å². The van der Waals surface area contributed by atoms with Gasteiger partial charge >= 0.3 is 0 Å². The second kappa shape index (κ2) is 9.32. The summed E-state index contributed by atoms with van der Waals surface area (Å²) >= 11 is 7.25. The summed E-state index contributed by atoms with van der Waals surface area (Å²) in [7, 11) is 0. The molecule has 8 heteroatoms. The maximum atomic E-state index is 13.2. The molecule has 156 valence electrons. The number of aromatic nitrogens is 3. The summed E-state index contributed by atoms with van der Waals surface area (Å²) in [5.74, 6) is 0.0400. The molecule has 3 aromatic carbocycles. The van der Waals surface area contributed by atoms with E-state index in [-0.39, 0.29) is 16.7 Å². The molecule has 0 spiro atoms. The number of amides is 1. The van der Waals surface area contributed by atoms with Crippen LogP contribution in [-0.2, 0) is 4.79 Å². The fourth-order valence-corrected chi connectivity index (χ4v) is 4.01. The average Bonchev–Trinajstić information content (AvgIpc) is 3.19. The molecule has 1 aromatic heterocycles. The van der Waals surface area contributed by atoms with Gasteiger partial charge in [0.15, 0.2) is 11.0 Å². The lowest BCUT2D eigenvalue weighted by Gasteiger charge is -2.11. The van der Waals surface area contributed by atoms with Crippen molar-refractivity contribution in [2.75, 3.05) is 11.1 Å². The smallest absolute Gasteiger partial charge is 0.234 e. The van der Waals surface area contributed by atoms with Crippen LogP contribution in [0.1, 0.15) is 5.56 Å². The number of carbonyl (C=O) groups excluding carboxylic acids is 1. The van der Waals surface area contributed by atoms with E-state index in [2.05, 4.69) is 15.5 Å². The maximum absolute atomic E-state index is 13.2. The first-order valence-electron chi connectivity index (χ1n) is 9.47. The van der Waals surface area contributed by atoms with Crippen LogP contribution in [0, 0.1) is 12.7 Å². The summed E-state index contributed by atoms with van der Waals surface area (Å²) in [6, 6.07) is 21.6. The van der Waals surface area contributed by atoms with Crippen molar-refractivity contribution < 1.29 is 9.18 Å². The van der Waals surface area contributed by atoms with Crippen molar-refractivity contribution in [3.63, 3.8) is 0 Å². The second-order valence-electron chi connectivity index (χ2n) is 6.81. The number of hydrogen-bond acceptors (Lipinski definition) is 4. The molecule has 4 aromatic rings. The lowest BCUT2D eigenvalue weighted by atomic mass is 10.2. The third kappa shape index (κ3) is 4.95. The van der Waals surface area contributed by atoms with Gasteiger partial charge < -0.3 is 5.32 Å². The number of benzene rings is 3. The van der Waals surface area contributed by atoms with E-state index >= 15 is 0 Å². The number of nitrogens with one attached hydrogen (secondary N) is 1. The highest BCUT2D eigenvalue weighted by Crippen LogP contribution is 2.29. The van der Waals surface area contributed by atoms with Gasteiger partial charge in [-0.15, -0.1) is 10.2 Å². The number of rotatable bonds is 6. The Bertz CT molecular complexity index is 1230. The first-order chi connectivity index (χ1) is 15.0. The second-order valence-corrected chi connectivity index (χ2v) is 8.16. The Morgan fingerprint density at radius 2 is 1.87 bits per heavy atom. The van der Waals surface area contributed by atoms with E-state index in [0.29, 0.717) is 16.7 Å². The van der Waals surface area contributed by atoms with E-state index in [9.17, 15) is 9.18 Å². The Kier molecular flexibility index (Phi) is 6.34. The number of hydrogen-bond donors (Lipinski definition) is 1. The van der Waals surface area contributed by atoms with E-state index in [4.69, 9.17) is 11.6 Å². The summed E-state index contributed by atoms with van der Waals surface area (Å²) < 4.78 is 15.1. The van der Waals surface area contributed by atoms with Crippen LogP contribution in [0.2, 0.25) is 5.02 Å². The predicted molar refractivity (Wildman–Crippen MR) is 122 cm³/mol. The number of nitrogens with zero attached hydrogens (tertiary/aromatic N) is 3. The third-order valence-corrected chi connectivity index (χ3v) is 5.70. The van der Waals surface area contributed by atoms with Crippen molar-refractivity contribution in [2.24, 2.45) is 0 Å². The molecule has 5 nitrogen and oxygen atoms in total. The minimum Gasteiger partial charge on any atom is -0.324 e. The van der Waals surface area contributed by atoms with E-state index < -0.39 is 5.82 Å². The number of halogens is 2. The van der Waals surface area contributed by atoms with Crippen LogP contribution in [0.15, 0.2) is 78.0 Å². The SMILES string of the molecule is Cc1cccc(-n2c(SCC(=O)Nc3ccc(F)cc3Cl)nnc2-c2ccccc2)c1. The van der Waals surface area contributed by atoms with Crippen LogP contribution in [0.4, 0.5) is 10.1 Å². The monoisotopic (exact) mass is 452 g/mol. The molecule has 1 amide bonds. The molecule has 0 bridgehead atoms. The quantitative estimate of drug-likeness (QED) is 0.377. The zero-order valence-corrected chi connectivity index (χ0v) is 18.1. The molecule has 0 fully saturated rings. The van der Waals surface area contributed by atoms with Crippen LogP contribution in [0.3, 0.4) is 0 Å². The molecule has 0 aliphatic carbocycles. The minimum absolute atomic E-state index is 0.0897. The maximum Gasteiger partial charge on any atom is 0.234 e. The normalized spacial score (nSPS) is 10.8. The molecule has 0 aliphatic rings. The zero-order valence-electron chi connectivity index (χ0n) is 16.5. The van der Waals surface area contributed by atoms with Gasteiger partial charge in [0, 0.05) is 11.3 Å². The van der Waals surface area contributed by atoms with Gasteiger partial charge in [-0.25, -0.2) is 4.39 Å². The molecular formula is C23H18ClFN4OS. The van der Waals surface area contributed by atoms with Gasteiger partial charge in [-0.1, -0.05) is 65.8 Å². The summed E-state index contributed by atoms with van der Waals surface area (Å²) in [5, 5.41) is 12.1. The molecule has 31 heavy (non-hydrogen) atoms. The van der Waals surface area contributed by atoms with Crippen LogP contribution >= 0.6 is 23.4 Å². The van der Waals surface area contributed by atoms with Gasteiger partial charge in [0.2, 0.25) is 5.91 Å². The van der Waals surface area contributed by atoms with Crippen LogP contribution in [0.5, 0.6) is 0 Å². The third-order valence-electron chi connectivity index (χ3n) is 4.46. The van der Waals surface area contributed by atoms with Gasteiger partial charge in [0.05, 0.1) is 16.5 Å². The first kappa shape index (κ1) is 21.1. The topological polar surface area (TPSA) is 59.8 Å².